The average Bonchev–Trinajstić information content (AvgIpc) is 3.48. The molecule has 0 spiro atoms. The Bertz CT molecular complexity index is 1280. The maximum atomic E-state index is 13.2. The van der Waals surface area contributed by atoms with Gasteiger partial charge in [0.05, 0.1) is 12.7 Å². The molecule has 4 aromatic rings. The molecule has 0 radical (unpaired) electrons. The molecule has 3 heterocycles. The molecule has 1 unspecified atom stereocenters. The summed E-state index contributed by atoms with van der Waals surface area (Å²) in [6.07, 6.45) is 0. The largest absolute Gasteiger partial charge is 0.496 e. The van der Waals surface area contributed by atoms with E-state index in [1.165, 1.54) is 0 Å². The number of furan rings is 1. The van der Waals surface area contributed by atoms with Crippen LogP contribution in [0.15, 0.2) is 63.5 Å². The maximum absolute atomic E-state index is 13.2. The highest BCUT2D eigenvalue weighted by molar-refractivity contribution is 6.07. The lowest BCUT2D eigenvalue weighted by atomic mass is 9.99. The predicted molar refractivity (Wildman–Crippen MR) is 109 cm³/mol. The number of imide groups is 1. The molecule has 0 bridgehead atoms. The topological polar surface area (TPSA) is 111 Å². The van der Waals surface area contributed by atoms with Crippen LogP contribution in [0.1, 0.15) is 18.6 Å². The smallest absolute Gasteiger partial charge is 0.325 e. The molecule has 5 rings (SSSR count). The highest BCUT2D eigenvalue weighted by atomic mass is 16.5. The molecule has 0 aliphatic carbocycles. The molecule has 9 heteroatoms. The van der Waals surface area contributed by atoms with Crippen LogP contribution in [0.5, 0.6) is 5.75 Å². The normalized spacial score (nSPS) is 18.6. The fourth-order valence-corrected chi connectivity index (χ4v) is 3.63. The molecule has 0 saturated carbocycles. The van der Waals surface area contributed by atoms with Gasteiger partial charge in [0.1, 0.15) is 23.6 Å². The number of urea groups is 1. The van der Waals surface area contributed by atoms with Crippen LogP contribution in [0.2, 0.25) is 0 Å². The lowest BCUT2D eigenvalue weighted by Crippen LogP contribution is -2.40. The number of hydrogen-bond donors (Lipinski definition) is 1. The van der Waals surface area contributed by atoms with Crippen molar-refractivity contribution in [3.63, 3.8) is 0 Å². The highest BCUT2D eigenvalue weighted by Gasteiger charge is 2.51. The predicted octanol–water partition coefficient (Wildman–Crippen LogP) is 3.46. The minimum atomic E-state index is -1.33. The number of nitrogens with zero attached hydrogens (tertiary/aromatic N) is 3. The van der Waals surface area contributed by atoms with E-state index < -0.39 is 17.5 Å². The SMILES string of the molecule is COc1ccccc1-c1noc(CN2C(=O)NC(C)(c3cc4ccccc4o3)C2=O)n1. The first-order valence-electron chi connectivity index (χ1n) is 9.59. The Morgan fingerprint density at radius 1 is 1.13 bits per heavy atom. The zero-order valence-electron chi connectivity index (χ0n) is 16.8. The Hall–Kier alpha value is -4.14. The van der Waals surface area contributed by atoms with Crippen molar-refractivity contribution >= 4 is 22.9 Å². The first-order valence-corrected chi connectivity index (χ1v) is 9.59. The van der Waals surface area contributed by atoms with Crippen molar-refractivity contribution in [3.8, 4) is 17.1 Å². The summed E-state index contributed by atoms with van der Waals surface area (Å²) >= 11 is 0. The van der Waals surface area contributed by atoms with E-state index in [2.05, 4.69) is 15.5 Å². The number of aromatic nitrogens is 2. The molecular weight excluding hydrogens is 400 g/mol. The lowest BCUT2D eigenvalue weighted by molar-refractivity contribution is -0.132. The fraction of sp³-hybridized carbons (Fsp3) is 0.182. The van der Waals surface area contributed by atoms with Gasteiger partial charge in [-0.2, -0.15) is 4.98 Å². The zero-order chi connectivity index (χ0) is 21.6. The second-order valence-corrected chi connectivity index (χ2v) is 7.31. The Morgan fingerprint density at radius 2 is 1.90 bits per heavy atom. The summed E-state index contributed by atoms with van der Waals surface area (Å²) in [5.74, 6) is 0.906. The third kappa shape index (κ3) is 3.02. The molecule has 1 fully saturated rings. The van der Waals surface area contributed by atoms with Crippen molar-refractivity contribution in [2.75, 3.05) is 7.11 Å². The van der Waals surface area contributed by atoms with Gasteiger partial charge >= 0.3 is 6.03 Å². The van der Waals surface area contributed by atoms with Crippen LogP contribution in [0, 0.1) is 0 Å². The lowest BCUT2D eigenvalue weighted by Gasteiger charge is -2.18. The Labute approximate surface area is 176 Å². The number of nitrogens with one attached hydrogen (secondary N) is 1. The first-order chi connectivity index (χ1) is 15.0. The van der Waals surface area contributed by atoms with Crippen LogP contribution in [0.4, 0.5) is 4.79 Å². The van der Waals surface area contributed by atoms with Crippen molar-refractivity contribution in [1.29, 1.82) is 0 Å². The Balaban J connectivity index is 1.41. The van der Waals surface area contributed by atoms with Gasteiger partial charge in [0.15, 0.2) is 5.54 Å². The van der Waals surface area contributed by atoms with Gasteiger partial charge in [-0.1, -0.05) is 35.5 Å². The Morgan fingerprint density at radius 3 is 2.71 bits per heavy atom. The molecule has 2 aromatic carbocycles. The number of carbonyl (C=O) groups excluding carboxylic acids is 2. The van der Waals surface area contributed by atoms with Gasteiger partial charge in [-0.3, -0.25) is 9.69 Å². The van der Waals surface area contributed by atoms with E-state index in [0.717, 1.165) is 10.3 Å². The van der Waals surface area contributed by atoms with Crippen LogP contribution in [0.3, 0.4) is 0 Å². The maximum Gasteiger partial charge on any atom is 0.325 e. The molecule has 3 amide bonds. The van der Waals surface area contributed by atoms with E-state index in [1.807, 2.05) is 30.3 Å². The van der Waals surface area contributed by atoms with Crippen molar-refractivity contribution in [3.05, 3.63) is 66.2 Å². The van der Waals surface area contributed by atoms with Crippen molar-refractivity contribution < 1.29 is 23.3 Å². The van der Waals surface area contributed by atoms with E-state index >= 15 is 0 Å². The van der Waals surface area contributed by atoms with E-state index in [9.17, 15) is 9.59 Å². The van der Waals surface area contributed by atoms with Gasteiger partial charge in [0.25, 0.3) is 5.91 Å². The second-order valence-electron chi connectivity index (χ2n) is 7.31. The number of fused-ring (bicyclic) bond motifs is 1. The summed E-state index contributed by atoms with van der Waals surface area (Å²) in [6.45, 7) is 1.45. The van der Waals surface area contributed by atoms with Gasteiger partial charge in [-0.15, -0.1) is 0 Å². The van der Waals surface area contributed by atoms with E-state index in [1.54, 1.807) is 38.3 Å². The van der Waals surface area contributed by atoms with Crippen molar-refractivity contribution in [2.45, 2.75) is 19.0 Å². The molecule has 31 heavy (non-hydrogen) atoms. The van der Waals surface area contributed by atoms with E-state index in [-0.39, 0.29) is 12.4 Å². The number of methoxy groups -OCH3 is 1. The number of hydrogen-bond acceptors (Lipinski definition) is 7. The van der Waals surface area contributed by atoms with Gasteiger partial charge in [0.2, 0.25) is 11.7 Å². The number of ether oxygens (including phenoxy) is 1. The molecule has 1 saturated heterocycles. The standard InChI is InChI=1S/C22H18N4O5/c1-22(17-11-13-7-3-5-9-15(13)30-17)20(27)26(21(28)24-22)12-18-23-19(25-31-18)14-8-4-6-10-16(14)29-2/h3-11H,12H2,1-2H3,(H,24,28). The van der Waals surface area contributed by atoms with Crippen LogP contribution >= 0.6 is 0 Å². The number of amides is 3. The number of benzene rings is 2. The molecular formula is C22H18N4O5. The first kappa shape index (κ1) is 18.9. The van der Waals surface area contributed by atoms with Gasteiger partial charge in [-0.05, 0) is 31.2 Å². The Kier molecular flexibility index (Phi) is 4.25. The molecule has 1 atom stereocenters. The quantitative estimate of drug-likeness (QED) is 0.494. The number of rotatable bonds is 5. The van der Waals surface area contributed by atoms with E-state index in [0.29, 0.717) is 28.5 Å². The summed E-state index contributed by atoms with van der Waals surface area (Å²) in [7, 11) is 1.55. The summed E-state index contributed by atoms with van der Waals surface area (Å²) in [4.78, 5) is 31.1. The summed E-state index contributed by atoms with van der Waals surface area (Å²) in [5, 5.41) is 7.52. The van der Waals surface area contributed by atoms with Gasteiger partial charge in [-0.25, -0.2) is 4.79 Å². The van der Waals surface area contributed by atoms with Crippen LogP contribution in [-0.4, -0.2) is 34.1 Å². The molecule has 1 N–H and O–H groups in total. The minimum Gasteiger partial charge on any atom is -0.496 e. The van der Waals surface area contributed by atoms with Gasteiger partial charge in [0, 0.05) is 5.39 Å². The molecule has 1 aliphatic rings. The van der Waals surface area contributed by atoms with E-state index in [4.69, 9.17) is 13.7 Å². The van der Waals surface area contributed by atoms with Crippen LogP contribution in [0.25, 0.3) is 22.4 Å². The molecule has 1 aliphatic heterocycles. The number of carbonyl (C=O) groups is 2. The highest BCUT2D eigenvalue weighted by Crippen LogP contribution is 2.34. The van der Waals surface area contributed by atoms with Crippen molar-refractivity contribution in [1.82, 2.24) is 20.4 Å². The third-order valence-electron chi connectivity index (χ3n) is 5.30. The van der Waals surface area contributed by atoms with Crippen LogP contribution < -0.4 is 10.1 Å². The zero-order valence-corrected chi connectivity index (χ0v) is 16.8. The minimum absolute atomic E-state index is 0.123. The molecule has 2 aromatic heterocycles. The van der Waals surface area contributed by atoms with Crippen molar-refractivity contribution in [2.24, 2.45) is 0 Å². The molecule has 9 nitrogen and oxygen atoms in total. The summed E-state index contributed by atoms with van der Waals surface area (Å²) < 4.78 is 16.4. The monoisotopic (exact) mass is 418 g/mol. The fourth-order valence-electron chi connectivity index (χ4n) is 3.63. The third-order valence-corrected chi connectivity index (χ3v) is 5.30. The number of para-hydroxylation sites is 2. The summed E-state index contributed by atoms with van der Waals surface area (Å²) in [6, 6.07) is 15.8. The summed E-state index contributed by atoms with van der Waals surface area (Å²) in [5.41, 5.74) is -0.0522. The van der Waals surface area contributed by atoms with Crippen LogP contribution in [-0.2, 0) is 16.9 Å². The second kappa shape index (κ2) is 6.98. The molecule has 156 valence electrons. The average molecular weight is 418 g/mol. The van der Waals surface area contributed by atoms with Gasteiger partial charge < -0.3 is 19.0 Å².